The Hall–Kier alpha value is -2.48. The molecule has 24 heavy (non-hydrogen) atoms. The number of ether oxygens (including phenoxy) is 1. The van der Waals surface area contributed by atoms with E-state index in [-0.39, 0.29) is 12.4 Å². The average Bonchev–Trinajstić information content (AvgIpc) is 2.94. The number of hydrogen-bond donors (Lipinski definition) is 0. The van der Waals surface area contributed by atoms with Crippen LogP contribution in [0.25, 0.3) is 6.08 Å². The highest BCUT2D eigenvalue weighted by Gasteiger charge is 2.24. The molecular weight excluding hydrogens is 331 g/mol. The Bertz CT molecular complexity index is 844. The van der Waals surface area contributed by atoms with E-state index in [1.54, 1.807) is 36.7 Å². The number of nitrogens with zero attached hydrogens (tertiary/aromatic N) is 4. The Morgan fingerprint density at radius 2 is 2.29 bits per heavy atom. The van der Waals surface area contributed by atoms with Crippen LogP contribution in [0.1, 0.15) is 18.3 Å². The van der Waals surface area contributed by atoms with Crippen LogP contribution in [0, 0.1) is 12.7 Å². The topological polar surface area (TPSA) is 69.4 Å². The maximum atomic E-state index is 13.4. The number of rotatable bonds is 4. The van der Waals surface area contributed by atoms with Crippen LogP contribution < -0.4 is 0 Å². The molecular formula is C16H15FN4O2S. The molecule has 0 spiro atoms. The predicted molar refractivity (Wildman–Crippen MR) is 89.3 cm³/mol. The molecule has 0 radical (unpaired) electrons. The largest absolute Gasteiger partial charge is 0.462 e. The van der Waals surface area contributed by atoms with Crippen molar-refractivity contribution in [1.29, 1.82) is 0 Å². The Balaban J connectivity index is 2.04. The lowest BCUT2D eigenvalue weighted by Gasteiger charge is -2.15. The Morgan fingerprint density at radius 1 is 1.46 bits per heavy atom. The molecule has 0 unspecified atom stereocenters. The van der Waals surface area contributed by atoms with Crippen LogP contribution in [0.5, 0.6) is 0 Å². The van der Waals surface area contributed by atoms with Gasteiger partial charge in [-0.3, -0.25) is 0 Å². The highest BCUT2D eigenvalue weighted by molar-refractivity contribution is 7.99. The van der Waals surface area contributed by atoms with Gasteiger partial charge in [-0.05, 0) is 37.6 Å². The predicted octanol–water partition coefficient (Wildman–Crippen LogP) is 2.68. The van der Waals surface area contributed by atoms with Gasteiger partial charge in [-0.1, -0.05) is 23.9 Å². The van der Waals surface area contributed by atoms with E-state index in [4.69, 9.17) is 4.74 Å². The molecule has 1 aliphatic heterocycles. The Kier molecular flexibility index (Phi) is 4.75. The summed E-state index contributed by atoms with van der Waals surface area (Å²) >= 11 is 1.43. The zero-order valence-corrected chi connectivity index (χ0v) is 14.0. The minimum Gasteiger partial charge on any atom is -0.462 e. The summed E-state index contributed by atoms with van der Waals surface area (Å²) in [6, 6.07) is 6.01. The quantitative estimate of drug-likeness (QED) is 0.629. The van der Waals surface area contributed by atoms with Gasteiger partial charge < -0.3 is 4.74 Å². The fraction of sp³-hybridized carbons (Fsp3) is 0.250. The number of carbonyl (C=O) groups excluding carboxylic acids is 1. The molecule has 0 saturated heterocycles. The first-order chi connectivity index (χ1) is 11.6. The van der Waals surface area contributed by atoms with E-state index >= 15 is 0 Å². The first-order valence-electron chi connectivity index (χ1n) is 7.36. The van der Waals surface area contributed by atoms with Gasteiger partial charge in [0.2, 0.25) is 5.16 Å². The Labute approximate surface area is 142 Å². The van der Waals surface area contributed by atoms with Crippen molar-refractivity contribution < 1.29 is 13.9 Å². The summed E-state index contributed by atoms with van der Waals surface area (Å²) in [4.78, 5) is 12.4. The molecule has 8 heteroatoms. The molecule has 0 fully saturated rings. The molecule has 124 valence electrons. The minimum absolute atomic E-state index is 0.247. The number of aryl methyl sites for hydroxylation is 1. The normalized spacial score (nSPS) is 14.1. The van der Waals surface area contributed by atoms with E-state index in [2.05, 4.69) is 15.3 Å². The van der Waals surface area contributed by atoms with E-state index < -0.39 is 5.97 Å². The van der Waals surface area contributed by atoms with Crippen molar-refractivity contribution >= 4 is 29.5 Å². The van der Waals surface area contributed by atoms with Crippen LogP contribution in [-0.2, 0) is 9.53 Å². The summed E-state index contributed by atoms with van der Waals surface area (Å²) in [7, 11) is 0. The lowest BCUT2D eigenvalue weighted by atomic mass is 10.1. The fourth-order valence-corrected chi connectivity index (χ4v) is 3.06. The van der Waals surface area contributed by atoms with Crippen LogP contribution in [0.2, 0.25) is 0 Å². The summed E-state index contributed by atoms with van der Waals surface area (Å²) in [5.74, 6) is 0.223. The molecule has 1 aromatic heterocycles. The van der Waals surface area contributed by atoms with Gasteiger partial charge in [0.25, 0.3) is 0 Å². The van der Waals surface area contributed by atoms with E-state index in [1.807, 2.05) is 0 Å². The van der Waals surface area contributed by atoms with Crippen molar-refractivity contribution in [3.63, 3.8) is 0 Å². The second-order valence-electron chi connectivity index (χ2n) is 5.01. The smallest absolute Gasteiger partial charge is 0.340 e. The molecule has 2 aromatic rings. The van der Waals surface area contributed by atoms with E-state index in [9.17, 15) is 9.18 Å². The first-order valence-corrected chi connectivity index (χ1v) is 8.34. The van der Waals surface area contributed by atoms with Crippen LogP contribution in [0.3, 0.4) is 0 Å². The Morgan fingerprint density at radius 3 is 3.04 bits per heavy atom. The third-order valence-corrected chi connectivity index (χ3v) is 4.22. The van der Waals surface area contributed by atoms with Gasteiger partial charge in [-0.2, -0.15) is 9.78 Å². The van der Waals surface area contributed by atoms with Crippen molar-refractivity contribution in [3.05, 3.63) is 47.0 Å². The maximum Gasteiger partial charge on any atom is 0.340 e. The SMILES string of the molecule is CCOC(=O)/C(=C/c1cccc(F)c1)C1=Nn2c(C)nnc2SC1. The average molecular weight is 346 g/mol. The minimum atomic E-state index is -0.490. The molecule has 0 aliphatic carbocycles. The van der Waals surface area contributed by atoms with E-state index in [0.717, 1.165) is 0 Å². The molecule has 2 heterocycles. The summed E-state index contributed by atoms with van der Waals surface area (Å²) in [5, 5.41) is 13.1. The number of esters is 1. The molecule has 0 bridgehead atoms. The van der Waals surface area contributed by atoms with Gasteiger partial charge in [0.15, 0.2) is 5.82 Å². The number of hydrogen-bond acceptors (Lipinski definition) is 6. The van der Waals surface area contributed by atoms with Gasteiger partial charge in [0, 0.05) is 5.75 Å². The number of thioether (sulfide) groups is 1. The number of aromatic nitrogens is 3. The standard InChI is InChI=1S/C16H15FN4O2S/c1-3-23-15(22)13(8-11-5-4-6-12(17)7-11)14-9-24-16-19-18-10(2)21(16)20-14/h4-8H,3,9H2,1-2H3/b13-8+. The lowest BCUT2D eigenvalue weighted by molar-refractivity contribution is -0.137. The molecule has 1 aliphatic rings. The molecule has 0 atom stereocenters. The number of benzene rings is 1. The second-order valence-corrected chi connectivity index (χ2v) is 5.95. The van der Waals surface area contributed by atoms with E-state index in [1.165, 1.54) is 23.9 Å². The highest BCUT2D eigenvalue weighted by atomic mass is 32.2. The second kappa shape index (κ2) is 6.96. The van der Waals surface area contributed by atoms with Crippen molar-refractivity contribution in [3.8, 4) is 0 Å². The molecule has 6 nitrogen and oxygen atoms in total. The van der Waals surface area contributed by atoms with Crippen LogP contribution in [0.4, 0.5) is 4.39 Å². The van der Waals surface area contributed by atoms with Gasteiger partial charge in [0.05, 0.1) is 17.9 Å². The molecule has 1 aromatic carbocycles. The molecule has 3 rings (SSSR count). The molecule has 0 N–H and O–H groups in total. The molecule has 0 amide bonds. The van der Waals surface area contributed by atoms with Gasteiger partial charge in [-0.25, -0.2) is 9.18 Å². The zero-order chi connectivity index (χ0) is 17.1. The lowest BCUT2D eigenvalue weighted by Crippen LogP contribution is -2.21. The number of halogens is 1. The third kappa shape index (κ3) is 3.38. The summed E-state index contributed by atoms with van der Waals surface area (Å²) in [6.45, 7) is 3.76. The van der Waals surface area contributed by atoms with Gasteiger partial charge in [0.1, 0.15) is 5.82 Å². The van der Waals surface area contributed by atoms with Crippen molar-refractivity contribution in [1.82, 2.24) is 14.9 Å². The summed E-state index contributed by atoms with van der Waals surface area (Å²) in [6.07, 6.45) is 1.59. The molecule has 0 saturated carbocycles. The number of fused-ring (bicyclic) bond motifs is 1. The van der Waals surface area contributed by atoms with E-state index in [0.29, 0.717) is 33.6 Å². The first kappa shape index (κ1) is 16.4. The van der Waals surface area contributed by atoms with Crippen molar-refractivity contribution in [2.45, 2.75) is 19.0 Å². The van der Waals surface area contributed by atoms with Crippen LogP contribution in [-0.4, -0.2) is 38.9 Å². The van der Waals surface area contributed by atoms with Crippen molar-refractivity contribution in [2.24, 2.45) is 5.10 Å². The van der Waals surface area contributed by atoms with Crippen molar-refractivity contribution in [2.75, 3.05) is 12.4 Å². The maximum absolute atomic E-state index is 13.4. The summed E-state index contributed by atoms with van der Waals surface area (Å²) in [5.41, 5.74) is 1.41. The van der Waals surface area contributed by atoms with Crippen LogP contribution in [0.15, 0.2) is 40.1 Å². The third-order valence-electron chi connectivity index (χ3n) is 3.29. The number of carbonyl (C=O) groups is 1. The van der Waals surface area contributed by atoms with Crippen LogP contribution >= 0.6 is 11.8 Å². The zero-order valence-electron chi connectivity index (χ0n) is 13.2. The van der Waals surface area contributed by atoms with Gasteiger partial charge in [-0.15, -0.1) is 10.2 Å². The van der Waals surface area contributed by atoms with Gasteiger partial charge >= 0.3 is 5.97 Å². The monoisotopic (exact) mass is 346 g/mol. The summed E-state index contributed by atoms with van der Waals surface area (Å²) < 4.78 is 20.1. The highest BCUT2D eigenvalue weighted by Crippen LogP contribution is 2.25. The fourth-order valence-electron chi connectivity index (χ4n) is 2.19.